The first-order valence-electron chi connectivity index (χ1n) is 6.21. The largest absolute Gasteiger partial charge is 0.301 e. The van der Waals surface area contributed by atoms with E-state index in [4.69, 9.17) is 5.26 Å². The van der Waals surface area contributed by atoms with Gasteiger partial charge in [-0.3, -0.25) is 0 Å². The maximum absolute atomic E-state index is 8.96. The van der Waals surface area contributed by atoms with Crippen LogP contribution in [0.4, 0.5) is 0 Å². The molecule has 0 N–H and O–H groups in total. The van der Waals surface area contributed by atoms with Crippen LogP contribution in [-0.4, -0.2) is 18.5 Å². The summed E-state index contributed by atoms with van der Waals surface area (Å²) in [5.41, 5.74) is 3.99. The number of rotatable bonds is 5. The summed E-state index contributed by atoms with van der Waals surface area (Å²) in [5.74, 6) is 0.144. The van der Waals surface area contributed by atoms with Crippen LogP contribution >= 0.6 is 0 Å². The van der Waals surface area contributed by atoms with Crippen molar-refractivity contribution in [3.05, 3.63) is 34.9 Å². The first-order valence-corrected chi connectivity index (χ1v) is 6.21. The third-order valence-corrected chi connectivity index (χ3v) is 3.15. The van der Waals surface area contributed by atoms with Crippen molar-refractivity contribution < 1.29 is 0 Å². The molecule has 0 bridgehead atoms. The summed E-state index contributed by atoms with van der Waals surface area (Å²) >= 11 is 0. The molecular weight excluding hydrogens is 208 g/mol. The van der Waals surface area contributed by atoms with Gasteiger partial charge in [-0.25, -0.2) is 0 Å². The fourth-order valence-electron chi connectivity index (χ4n) is 1.96. The van der Waals surface area contributed by atoms with Crippen molar-refractivity contribution in [2.45, 2.75) is 33.7 Å². The molecule has 1 rings (SSSR count). The van der Waals surface area contributed by atoms with Crippen molar-refractivity contribution in [3.8, 4) is 6.07 Å². The van der Waals surface area contributed by atoms with E-state index in [1.54, 1.807) is 0 Å². The number of hydrogen-bond donors (Lipinski definition) is 0. The lowest BCUT2D eigenvalue weighted by atomic mass is 10.0. The minimum absolute atomic E-state index is 0.144. The summed E-state index contributed by atoms with van der Waals surface area (Å²) in [7, 11) is 2.09. The number of hydrogen-bond acceptors (Lipinski definition) is 2. The van der Waals surface area contributed by atoms with Crippen LogP contribution in [-0.2, 0) is 6.54 Å². The summed E-state index contributed by atoms with van der Waals surface area (Å²) in [6.07, 6.45) is 0.924. The number of nitriles is 1. The molecule has 2 nitrogen and oxygen atoms in total. The molecule has 92 valence electrons. The second-order valence-electron chi connectivity index (χ2n) is 4.86. The highest BCUT2D eigenvalue weighted by atomic mass is 15.1. The normalized spacial score (nSPS) is 12.5. The van der Waals surface area contributed by atoms with Crippen molar-refractivity contribution in [2.24, 2.45) is 5.92 Å². The van der Waals surface area contributed by atoms with E-state index in [9.17, 15) is 0 Å². The standard InChI is InChI=1S/C15H22N2/c1-5-14(9-16)10-17(4)11-15-8-12(2)6-7-13(15)3/h6-8,14H,5,10-11H2,1-4H3. The topological polar surface area (TPSA) is 27.0 Å². The van der Waals surface area contributed by atoms with Gasteiger partial charge in [0.25, 0.3) is 0 Å². The van der Waals surface area contributed by atoms with Crippen molar-refractivity contribution in [1.82, 2.24) is 4.90 Å². The Hall–Kier alpha value is -1.33. The molecule has 0 fully saturated rings. The Morgan fingerprint density at radius 3 is 2.65 bits per heavy atom. The Labute approximate surface area is 105 Å². The molecule has 1 atom stereocenters. The van der Waals surface area contributed by atoms with E-state index in [-0.39, 0.29) is 5.92 Å². The van der Waals surface area contributed by atoms with Crippen LogP contribution in [0.25, 0.3) is 0 Å². The molecule has 0 aliphatic carbocycles. The van der Waals surface area contributed by atoms with E-state index in [1.807, 2.05) is 0 Å². The van der Waals surface area contributed by atoms with Crippen LogP contribution in [0.2, 0.25) is 0 Å². The van der Waals surface area contributed by atoms with Crippen molar-refractivity contribution >= 4 is 0 Å². The highest BCUT2D eigenvalue weighted by molar-refractivity contribution is 5.30. The lowest BCUT2D eigenvalue weighted by Crippen LogP contribution is -2.24. The Balaban J connectivity index is 2.65. The predicted molar refractivity (Wildman–Crippen MR) is 71.6 cm³/mol. The van der Waals surface area contributed by atoms with Crippen molar-refractivity contribution in [1.29, 1.82) is 5.26 Å². The summed E-state index contributed by atoms with van der Waals surface area (Å²) in [4.78, 5) is 2.24. The summed E-state index contributed by atoms with van der Waals surface area (Å²) in [6, 6.07) is 8.90. The van der Waals surface area contributed by atoms with Crippen molar-refractivity contribution in [3.63, 3.8) is 0 Å². The molecule has 0 saturated heterocycles. The monoisotopic (exact) mass is 230 g/mol. The molecule has 1 aromatic carbocycles. The lowest BCUT2D eigenvalue weighted by molar-refractivity contribution is 0.292. The second-order valence-corrected chi connectivity index (χ2v) is 4.86. The molecule has 0 amide bonds. The maximum Gasteiger partial charge on any atom is 0.0669 e. The predicted octanol–water partition coefficient (Wildman–Crippen LogP) is 3.29. The van der Waals surface area contributed by atoms with Crippen LogP contribution < -0.4 is 0 Å². The zero-order valence-electron chi connectivity index (χ0n) is 11.3. The average molecular weight is 230 g/mol. The first kappa shape index (κ1) is 13.7. The van der Waals surface area contributed by atoms with E-state index in [2.05, 4.69) is 57.0 Å². The molecule has 0 radical (unpaired) electrons. The SMILES string of the molecule is CCC(C#N)CN(C)Cc1cc(C)ccc1C. The molecular formula is C15H22N2. The maximum atomic E-state index is 8.96. The molecule has 0 aliphatic rings. The fraction of sp³-hybridized carbons (Fsp3) is 0.533. The molecule has 0 heterocycles. The van der Waals surface area contributed by atoms with Crippen molar-refractivity contribution in [2.75, 3.05) is 13.6 Å². The van der Waals surface area contributed by atoms with Gasteiger partial charge in [0.05, 0.1) is 12.0 Å². The summed E-state index contributed by atoms with van der Waals surface area (Å²) < 4.78 is 0. The Morgan fingerprint density at radius 2 is 2.06 bits per heavy atom. The molecule has 17 heavy (non-hydrogen) atoms. The molecule has 1 aromatic rings. The minimum Gasteiger partial charge on any atom is -0.301 e. The first-order chi connectivity index (χ1) is 8.06. The van der Waals surface area contributed by atoms with Gasteiger partial charge in [0.2, 0.25) is 0 Å². The second kappa shape index (κ2) is 6.42. The number of benzene rings is 1. The van der Waals surface area contributed by atoms with Gasteiger partial charge in [-0.15, -0.1) is 0 Å². The van der Waals surface area contributed by atoms with Gasteiger partial charge in [-0.1, -0.05) is 30.7 Å². The zero-order valence-corrected chi connectivity index (χ0v) is 11.3. The van der Waals surface area contributed by atoms with E-state index < -0.39 is 0 Å². The van der Waals surface area contributed by atoms with Gasteiger partial charge >= 0.3 is 0 Å². The molecule has 1 unspecified atom stereocenters. The van der Waals surface area contributed by atoms with Gasteiger partial charge in [-0.2, -0.15) is 5.26 Å². The lowest BCUT2D eigenvalue weighted by Gasteiger charge is -2.20. The third kappa shape index (κ3) is 4.20. The molecule has 0 aliphatic heterocycles. The highest BCUT2D eigenvalue weighted by Gasteiger charge is 2.09. The zero-order chi connectivity index (χ0) is 12.8. The number of aryl methyl sites for hydroxylation is 2. The molecule has 0 aromatic heterocycles. The number of nitrogens with zero attached hydrogens (tertiary/aromatic N) is 2. The summed E-state index contributed by atoms with van der Waals surface area (Å²) in [5, 5.41) is 8.96. The van der Waals surface area contributed by atoms with Crippen LogP contribution in [0, 0.1) is 31.1 Å². The Morgan fingerprint density at radius 1 is 1.35 bits per heavy atom. The van der Waals surface area contributed by atoms with E-state index >= 15 is 0 Å². The van der Waals surface area contributed by atoms with E-state index in [0.717, 1.165) is 19.5 Å². The molecule has 0 spiro atoms. The Kier molecular flexibility index (Phi) is 5.18. The smallest absolute Gasteiger partial charge is 0.0669 e. The van der Waals surface area contributed by atoms with Gasteiger partial charge < -0.3 is 4.90 Å². The van der Waals surface area contributed by atoms with Crippen LogP contribution in [0.3, 0.4) is 0 Å². The van der Waals surface area contributed by atoms with Crippen LogP contribution in [0.1, 0.15) is 30.0 Å². The molecule has 0 saturated carbocycles. The summed E-state index contributed by atoms with van der Waals surface area (Å²) in [6.45, 7) is 8.10. The van der Waals surface area contributed by atoms with Gasteiger partial charge in [-0.05, 0) is 38.4 Å². The average Bonchev–Trinajstić information content (AvgIpc) is 2.31. The van der Waals surface area contributed by atoms with E-state index in [1.165, 1.54) is 16.7 Å². The van der Waals surface area contributed by atoms with Gasteiger partial charge in [0, 0.05) is 13.1 Å². The van der Waals surface area contributed by atoms with Crippen LogP contribution in [0.5, 0.6) is 0 Å². The third-order valence-electron chi connectivity index (χ3n) is 3.15. The molecule has 2 heteroatoms. The van der Waals surface area contributed by atoms with E-state index in [0.29, 0.717) is 0 Å². The Bertz CT molecular complexity index is 404. The fourth-order valence-corrected chi connectivity index (χ4v) is 1.96. The minimum atomic E-state index is 0.144. The quantitative estimate of drug-likeness (QED) is 0.776. The van der Waals surface area contributed by atoms with Crippen LogP contribution in [0.15, 0.2) is 18.2 Å². The van der Waals surface area contributed by atoms with Gasteiger partial charge in [0.15, 0.2) is 0 Å². The highest BCUT2D eigenvalue weighted by Crippen LogP contribution is 2.14. The van der Waals surface area contributed by atoms with Gasteiger partial charge in [0.1, 0.15) is 0 Å².